The lowest BCUT2D eigenvalue weighted by Crippen LogP contribution is -2.29. The van der Waals surface area contributed by atoms with Crippen LogP contribution in [0.25, 0.3) is 11.3 Å². The monoisotopic (exact) mass is 378 g/mol. The standard InChI is InChI=1S/C21H19BrN2/c22-18-10-8-16(9-11-18)15-24-14-4-7-20-21(24)13-12-19(23-20)17-5-2-1-3-6-17/h1-3,5-6,8-13H,4,7,14-15H2. The van der Waals surface area contributed by atoms with Crippen molar-refractivity contribution in [3.8, 4) is 11.3 Å². The van der Waals surface area contributed by atoms with Gasteiger partial charge in [-0.25, -0.2) is 0 Å². The fourth-order valence-electron chi connectivity index (χ4n) is 3.27. The van der Waals surface area contributed by atoms with Crippen LogP contribution in [0, 0.1) is 0 Å². The molecule has 2 heterocycles. The topological polar surface area (TPSA) is 16.1 Å². The Labute approximate surface area is 151 Å². The first-order valence-corrected chi connectivity index (χ1v) is 9.14. The number of rotatable bonds is 3. The molecule has 0 radical (unpaired) electrons. The second-order valence-corrected chi connectivity index (χ2v) is 7.10. The van der Waals surface area contributed by atoms with Crippen LogP contribution in [0.3, 0.4) is 0 Å². The molecule has 3 heteroatoms. The smallest absolute Gasteiger partial charge is 0.0706 e. The molecule has 0 aliphatic carbocycles. The van der Waals surface area contributed by atoms with E-state index in [0.717, 1.165) is 36.1 Å². The summed E-state index contributed by atoms with van der Waals surface area (Å²) >= 11 is 3.50. The van der Waals surface area contributed by atoms with E-state index in [-0.39, 0.29) is 0 Å². The largest absolute Gasteiger partial charge is 0.366 e. The average molecular weight is 379 g/mol. The average Bonchev–Trinajstić information content (AvgIpc) is 2.64. The van der Waals surface area contributed by atoms with E-state index in [2.05, 4.69) is 81.5 Å². The lowest BCUT2D eigenvalue weighted by Gasteiger charge is -2.31. The van der Waals surface area contributed by atoms with Gasteiger partial charge in [0, 0.05) is 23.1 Å². The molecule has 2 nitrogen and oxygen atoms in total. The van der Waals surface area contributed by atoms with Crippen LogP contribution in [0.4, 0.5) is 5.69 Å². The number of aryl methyl sites for hydroxylation is 1. The first kappa shape index (κ1) is 15.4. The highest BCUT2D eigenvalue weighted by Gasteiger charge is 2.18. The van der Waals surface area contributed by atoms with E-state index in [1.807, 2.05) is 6.07 Å². The number of anilines is 1. The summed E-state index contributed by atoms with van der Waals surface area (Å²) in [5.74, 6) is 0. The molecule has 2 aromatic carbocycles. The molecule has 0 unspecified atom stereocenters. The van der Waals surface area contributed by atoms with Crippen molar-refractivity contribution >= 4 is 21.6 Å². The minimum atomic E-state index is 0.937. The van der Waals surface area contributed by atoms with Crippen molar-refractivity contribution in [1.29, 1.82) is 0 Å². The molecular weight excluding hydrogens is 360 g/mol. The van der Waals surface area contributed by atoms with Gasteiger partial charge in [0.2, 0.25) is 0 Å². The lowest BCUT2D eigenvalue weighted by molar-refractivity contribution is 0.678. The van der Waals surface area contributed by atoms with Gasteiger partial charge in [-0.2, -0.15) is 0 Å². The van der Waals surface area contributed by atoms with Gasteiger partial charge in [0.25, 0.3) is 0 Å². The molecule has 1 aromatic heterocycles. The summed E-state index contributed by atoms with van der Waals surface area (Å²) in [6, 6.07) is 23.4. The second kappa shape index (κ2) is 6.78. The SMILES string of the molecule is Brc1ccc(CN2CCCc3nc(-c4ccccc4)ccc32)cc1. The van der Waals surface area contributed by atoms with E-state index < -0.39 is 0 Å². The Kier molecular flexibility index (Phi) is 4.35. The van der Waals surface area contributed by atoms with Crippen LogP contribution in [0.5, 0.6) is 0 Å². The fourth-order valence-corrected chi connectivity index (χ4v) is 3.53. The van der Waals surface area contributed by atoms with Crippen LogP contribution in [-0.2, 0) is 13.0 Å². The van der Waals surface area contributed by atoms with Gasteiger partial charge in [0.15, 0.2) is 0 Å². The van der Waals surface area contributed by atoms with Gasteiger partial charge in [-0.3, -0.25) is 4.98 Å². The zero-order valence-electron chi connectivity index (χ0n) is 13.5. The quantitative estimate of drug-likeness (QED) is 0.600. The van der Waals surface area contributed by atoms with Gasteiger partial charge in [-0.15, -0.1) is 0 Å². The molecule has 0 fully saturated rings. The molecule has 0 saturated heterocycles. The van der Waals surface area contributed by atoms with Gasteiger partial charge in [0.05, 0.1) is 17.1 Å². The molecule has 4 rings (SSSR count). The highest BCUT2D eigenvalue weighted by Crippen LogP contribution is 2.30. The van der Waals surface area contributed by atoms with E-state index in [1.165, 1.54) is 22.5 Å². The highest BCUT2D eigenvalue weighted by molar-refractivity contribution is 9.10. The number of pyridine rings is 1. The van der Waals surface area contributed by atoms with Crippen molar-refractivity contribution in [2.45, 2.75) is 19.4 Å². The third-order valence-corrected chi connectivity index (χ3v) is 5.02. The first-order chi connectivity index (χ1) is 11.8. The summed E-state index contributed by atoms with van der Waals surface area (Å²) < 4.78 is 1.12. The van der Waals surface area contributed by atoms with Crippen LogP contribution in [0.1, 0.15) is 17.7 Å². The van der Waals surface area contributed by atoms with Crippen LogP contribution in [-0.4, -0.2) is 11.5 Å². The normalized spacial score (nSPS) is 13.6. The van der Waals surface area contributed by atoms with Crippen molar-refractivity contribution in [2.24, 2.45) is 0 Å². The summed E-state index contributed by atoms with van der Waals surface area (Å²) in [4.78, 5) is 7.39. The zero-order chi connectivity index (χ0) is 16.4. The van der Waals surface area contributed by atoms with Gasteiger partial charge >= 0.3 is 0 Å². The summed E-state index contributed by atoms with van der Waals surface area (Å²) in [7, 11) is 0. The molecule has 24 heavy (non-hydrogen) atoms. The van der Waals surface area contributed by atoms with Gasteiger partial charge in [0.1, 0.15) is 0 Å². The van der Waals surface area contributed by atoms with Crippen LogP contribution >= 0.6 is 15.9 Å². The van der Waals surface area contributed by atoms with Crippen LogP contribution < -0.4 is 4.90 Å². The minimum Gasteiger partial charge on any atom is -0.366 e. The molecule has 0 atom stereocenters. The summed E-state index contributed by atoms with van der Waals surface area (Å²) in [5, 5.41) is 0. The van der Waals surface area contributed by atoms with Crippen LogP contribution in [0.15, 0.2) is 71.2 Å². The number of halogens is 1. The third-order valence-electron chi connectivity index (χ3n) is 4.49. The molecular formula is C21H19BrN2. The van der Waals surface area contributed by atoms with Crippen molar-refractivity contribution < 1.29 is 0 Å². The van der Waals surface area contributed by atoms with Gasteiger partial charge in [-0.05, 0) is 42.7 Å². The highest BCUT2D eigenvalue weighted by atomic mass is 79.9. The number of hydrogen-bond donors (Lipinski definition) is 0. The van der Waals surface area contributed by atoms with Gasteiger partial charge in [-0.1, -0.05) is 58.4 Å². The lowest BCUT2D eigenvalue weighted by atomic mass is 10.0. The maximum absolute atomic E-state index is 4.94. The van der Waals surface area contributed by atoms with Crippen molar-refractivity contribution in [1.82, 2.24) is 4.98 Å². The molecule has 0 N–H and O–H groups in total. The Morgan fingerprint density at radius 2 is 1.71 bits per heavy atom. The van der Waals surface area contributed by atoms with E-state index in [0.29, 0.717) is 0 Å². The van der Waals surface area contributed by atoms with E-state index in [9.17, 15) is 0 Å². The Bertz CT molecular complexity index is 828. The predicted molar refractivity (Wildman–Crippen MR) is 103 cm³/mol. The van der Waals surface area contributed by atoms with E-state index in [1.54, 1.807) is 0 Å². The zero-order valence-corrected chi connectivity index (χ0v) is 15.0. The Hall–Kier alpha value is -2.13. The van der Waals surface area contributed by atoms with E-state index in [4.69, 9.17) is 4.98 Å². The number of aromatic nitrogens is 1. The minimum absolute atomic E-state index is 0.937. The first-order valence-electron chi connectivity index (χ1n) is 8.34. The summed E-state index contributed by atoms with van der Waals surface area (Å²) in [5.41, 5.74) is 6.09. The fraction of sp³-hybridized carbons (Fsp3) is 0.190. The Morgan fingerprint density at radius 1 is 0.917 bits per heavy atom. The van der Waals surface area contributed by atoms with Crippen molar-refractivity contribution in [3.05, 3.63) is 82.5 Å². The maximum Gasteiger partial charge on any atom is 0.0706 e. The van der Waals surface area contributed by atoms with Crippen molar-refractivity contribution in [3.63, 3.8) is 0 Å². The molecule has 1 aliphatic rings. The summed E-state index contributed by atoms with van der Waals surface area (Å²) in [6.07, 6.45) is 2.22. The number of hydrogen-bond acceptors (Lipinski definition) is 2. The number of benzene rings is 2. The van der Waals surface area contributed by atoms with Gasteiger partial charge < -0.3 is 4.90 Å². The molecule has 3 aromatic rings. The molecule has 1 aliphatic heterocycles. The Morgan fingerprint density at radius 3 is 2.50 bits per heavy atom. The van der Waals surface area contributed by atoms with E-state index >= 15 is 0 Å². The number of fused-ring (bicyclic) bond motifs is 1. The Balaban J connectivity index is 1.62. The second-order valence-electron chi connectivity index (χ2n) is 6.18. The maximum atomic E-state index is 4.94. The summed E-state index contributed by atoms with van der Waals surface area (Å²) in [6.45, 7) is 2.03. The number of nitrogens with zero attached hydrogens (tertiary/aromatic N) is 2. The molecule has 0 amide bonds. The molecule has 120 valence electrons. The predicted octanol–water partition coefficient (Wildman–Crippen LogP) is 5.46. The molecule has 0 saturated carbocycles. The molecule has 0 spiro atoms. The van der Waals surface area contributed by atoms with Crippen LogP contribution in [0.2, 0.25) is 0 Å². The molecule has 0 bridgehead atoms. The van der Waals surface area contributed by atoms with Crippen molar-refractivity contribution in [2.75, 3.05) is 11.4 Å². The third kappa shape index (κ3) is 3.22.